The Morgan fingerprint density at radius 1 is 1.25 bits per heavy atom. The quantitative estimate of drug-likeness (QED) is 0.870. The molecule has 1 aromatic heterocycles. The van der Waals surface area contributed by atoms with E-state index in [9.17, 15) is 9.90 Å². The van der Waals surface area contributed by atoms with E-state index in [2.05, 4.69) is 10.3 Å². The minimum absolute atomic E-state index is 0.128. The number of hydrogen-bond acceptors (Lipinski definition) is 3. The number of hydrogen-bond donors (Lipinski definition) is 2. The van der Waals surface area contributed by atoms with Crippen molar-refractivity contribution in [2.24, 2.45) is 0 Å². The predicted octanol–water partition coefficient (Wildman–Crippen LogP) is 1.78. The zero-order valence-corrected chi connectivity index (χ0v) is 11.4. The average molecular weight is 270 g/mol. The van der Waals surface area contributed by atoms with Gasteiger partial charge in [-0.3, -0.25) is 9.78 Å². The number of nitrogens with one attached hydrogen (secondary N) is 1. The van der Waals surface area contributed by atoms with Gasteiger partial charge >= 0.3 is 0 Å². The minimum atomic E-state index is -0.382. The van der Waals surface area contributed by atoms with E-state index in [0.717, 1.165) is 16.8 Å². The van der Waals surface area contributed by atoms with E-state index in [1.54, 1.807) is 6.20 Å². The molecule has 4 nitrogen and oxygen atoms in total. The number of rotatable bonds is 5. The third-order valence-corrected chi connectivity index (χ3v) is 3.17. The third kappa shape index (κ3) is 3.65. The number of pyridine rings is 1. The van der Waals surface area contributed by atoms with Crippen LogP contribution < -0.4 is 5.32 Å². The first kappa shape index (κ1) is 14.2. The van der Waals surface area contributed by atoms with Gasteiger partial charge in [-0.1, -0.05) is 36.4 Å². The molecule has 0 radical (unpaired) electrons. The number of aryl methyl sites for hydroxylation is 1. The van der Waals surface area contributed by atoms with Gasteiger partial charge in [0.1, 0.15) is 0 Å². The topological polar surface area (TPSA) is 62.2 Å². The predicted molar refractivity (Wildman–Crippen MR) is 77.1 cm³/mol. The highest BCUT2D eigenvalue weighted by molar-refractivity contribution is 5.78. The number of aliphatic hydroxyl groups is 1. The lowest BCUT2D eigenvalue weighted by molar-refractivity contribution is -0.121. The lowest BCUT2D eigenvalue weighted by Gasteiger charge is -2.16. The molecule has 1 heterocycles. The van der Waals surface area contributed by atoms with E-state index in [0.29, 0.717) is 0 Å². The summed E-state index contributed by atoms with van der Waals surface area (Å²) in [5, 5.41) is 12.2. The summed E-state index contributed by atoms with van der Waals surface area (Å²) in [5.74, 6) is -0.144. The number of carbonyl (C=O) groups is 1. The molecule has 0 fully saturated rings. The largest absolute Gasteiger partial charge is 0.394 e. The Morgan fingerprint density at radius 3 is 2.65 bits per heavy atom. The van der Waals surface area contributed by atoms with Gasteiger partial charge in [-0.2, -0.15) is 0 Å². The molecule has 0 saturated carbocycles. The van der Waals surface area contributed by atoms with Crippen molar-refractivity contribution >= 4 is 5.91 Å². The maximum atomic E-state index is 12.0. The molecule has 1 atom stereocenters. The van der Waals surface area contributed by atoms with Crippen LogP contribution in [0.25, 0.3) is 0 Å². The molecule has 2 rings (SSSR count). The van der Waals surface area contributed by atoms with Gasteiger partial charge < -0.3 is 10.4 Å². The second kappa shape index (κ2) is 6.82. The zero-order chi connectivity index (χ0) is 14.4. The number of aliphatic hydroxyl groups excluding tert-OH is 1. The molecule has 0 saturated heterocycles. The maximum Gasteiger partial charge on any atom is 0.226 e. The second-order valence-electron chi connectivity index (χ2n) is 4.66. The van der Waals surface area contributed by atoms with E-state index in [1.165, 1.54) is 0 Å². The smallest absolute Gasteiger partial charge is 0.226 e. The number of nitrogens with zero attached hydrogens (tertiary/aromatic N) is 1. The van der Waals surface area contributed by atoms with E-state index in [1.807, 2.05) is 49.4 Å². The van der Waals surface area contributed by atoms with Crippen LogP contribution in [-0.2, 0) is 11.2 Å². The second-order valence-corrected chi connectivity index (χ2v) is 4.66. The summed E-state index contributed by atoms with van der Waals surface area (Å²) in [4.78, 5) is 16.2. The van der Waals surface area contributed by atoms with Crippen LogP contribution in [-0.4, -0.2) is 22.6 Å². The highest BCUT2D eigenvalue weighted by Gasteiger charge is 2.14. The Kier molecular flexibility index (Phi) is 4.85. The molecule has 20 heavy (non-hydrogen) atoms. The van der Waals surface area contributed by atoms with Gasteiger partial charge in [-0.15, -0.1) is 0 Å². The minimum Gasteiger partial charge on any atom is -0.394 e. The van der Waals surface area contributed by atoms with E-state index in [4.69, 9.17) is 0 Å². The first-order chi connectivity index (χ1) is 9.70. The monoisotopic (exact) mass is 270 g/mol. The molecule has 0 unspecified atom stereocenters. The molecule has 1 aromatic carbocycles. The first-order valence-corrected chi connectivity index (χ1v) is 6.56. The number of benzene rings is 1. The Hall–Kier alpha value is -2.20. The van der Waals surface area contributed by atoms with E-state index in [-0.39, 0.29) is 25.0 Å². The molecule has 104 valence electrons. The highest BCUT2D eigenvalue weighted by atomic mass is 16.3. The van der Waals surface area contributed by atoms with Gasteiger partial charge in [0, 0.05) is 6.20 Å². The summed E-state index contributed by atoms with van der Waals surface area (Å²) in [6.45, 7) is 1.80. The Labute approximate surface area is 118 Å². The van der Waals surface area contributed by atoms with Crippen molar-refractivity contribution in [1.29, 1.82) is 0 Å². The Balaban J connectivity index is 2.02. The van der Waals surface area contributed by atoms with Gasteiger partial charge in [-0.25, -0.2) is 0 Å². The van der Waals surface area contributed by atoms with Gasteiger partial charge in [0.15, 0.2) is 0 Å². The number of aromatic nitrogens is 1. The van der Waals surface area contributed by atoms with Crippen molar-refractivity contribution in [3.63, 3.8) is 0 Å². The van der Waals surface area contributed by atoms with Crippen molar-refractivity contribution in [1.82, 2.24) is 10.3 Å². The molecule has 4 heteroatoms. The molecule has 0 aliphatic carbocycles. The first-order valence-electron chi connectivity index (χ1n) is 6.56. The van der Waals surface area contributed by atoms with Gasteiger partial charge in [-0.05, 0) is 24.1 Å². The van der Waals surface area contributed by atoms with Crippen molar-refractivity contribution in [3.05, 3.63) is 65.5 Å². The molecular formula is C16H18N2O2. The van der Waals surface area contributed by atoms with Crippen LogP contribution in [0.5, 0.6) is 0 Å². The van der Waals surface area contributed by atoms with Crippen molar-refractivity contribution in [2.45, 2.75) is 19.4 Å². The van der Waals surface area contributed by atoms with Gasteiger partial charge in [0.05, 0.1) is 24.8 Å². The maximum absolute atomic E-state index is 12.0. The van der Waals surface area contributed by atoms with Gasteiger partial charge in [0.25, 0.3) is 0 Å². The summed E-state index contributed by atoms with van der Waals surface area (Å²) in [5.41, 5.74) is 2.64. The Morgan fingerprint density at radius 2 is 2.00 bits per heavy atom. The van der Waals surface area contributed by atoms with Crippen LogP contribution in [0.1, 0.15) is 22.9 Å². The standard InChI is InChI=1S/C16H18N2O2/c1-12-6-5-9-17-14(12)10-16(20)18-15(11-19)13-7-3-2-4-8-13/h2-9,15,19H,10-11H2,1H3,(H,18,20)/t15-/m0/s1. The molecule has 0 aliphatic heterocycles. The Bertz CT molecular complexity index is 570. The normalized spacial score (nSPS) is 11.9. The fourth-order valence-electron chi connectivity index (χ4n) is 2.02. The third-order valence-electron chi connectivity index (χ3n) is 3.17. The fraction of sp³-hybridized carbons (Fsp3) is 0.250. The van der Waals surface area contributed by atoms with Crippen LogP contribution in [0.15, 0.2) is 48.7 Å². The summed E-state index contributed by atoms with van der Waals surface area (Å²) in [6, 6.07) is 12.8. The highest BCUT2D eigenvalue weighted by Crippen LogP contribution is 2.12. The molecule has 1 amide bonds. The van der Waals surface area contributed by atoms with Crippen LogP contribution in [0.3, 0.4) is 0 Å². The zero-order valence-electron chi connectivity index (χ0n) is 11.4. The summed E-state index contributed by atoms with van der Waals surface area (Å²) >= 11 is 0. The molecule has 0 spiro atoms. The summed E-state index contributed by atoms with van der Waals surface area (Å²) in [7, 11) is 0. The molecule has 2 aromatic rings. The molecular weight excluding hydrogens is 252 g/mol. The van der Waals surface area contributed by atoms with Crippen LogP contribution in [0, 0.1) is 6.92 Å². The van der Waals surface area contributed by atoms with Crippen molar-refractivity contribution in [2.75, 3.05) is 6.61 Å². The van der Waals surface area contributed by atoms with Crippen molar-refractivity contribution in [3.8, 4) is 0 Å². The summed E-state index contributed by atoms with van der Waals surface area (Å²) in [6.07, 6.45) is 1.90. The number of amides is 1. The molecule has 2 N–H and O–H groups in total. The SMILES string of the molecule is Cc1cccnc1CC(=O)N[C@@H](CO)c1ccccc1. The van der Waals surface area contributed by atoms with Crippen LogP contribution in [0.4, 0.5) is 0 Å². The number of carbonyl (C=O) groups excluding carboxylic acids is 1. The van der Waals surface area contributed by atoms with E-state index >= 15 is 0 Å². The molecule has 0 bridgehead atoms. The lowest BCUT2D eigenvalue weighted by Crippen LogP contribution is -2.32. The fourth-order valence-corrected chi connectivity index (χ4v) is 2.02. The average Bonchev–Trinajstić information content (AvgIpc) is 2.48. The van der Waals surface area contributed by atoms with Crippen LogP contribution in [0.2, 0.25) is 0 Å². The van der Waals surface area contributed by atoms with Crippen molar-refractivity contribution < 1.29 is 9.90 Å². The lowest BCUT2D eigenvalue weighted by atomic mass is 10.1. The van der Waals surface area contributed by atoms with Gasteiger partial charge in [0.2, 0.25) is 5.91 Å². The van der Waals surface area contributed by atoms with E-state index < -0.39 is 0 Å². The molecule has 0 aliphatic rings. The van der Waals surface area contributed by atoms with Crippen LogP contribution >= 0.6 is 0 Å². The summed E-state index contributed by atoms with van der Waals surface area (Å²) < 4.78 is 0.